The van der Waals surface area contributed by atoms with E-state index in [1.807, 2.05) is 0 Å². The first kappa shape index (κ1) is 20.4. The molecule has 1 fully saturated rings. The van der Waals surface area contributed by atoms with Crippen LogP contribution in [0.2, 0.25) is 0 Å². The molecule has 1 amide bonds. The standard InChI is InChI=1S/C20H31BrN2O2/c1-16(2)19(23-11-13-25-14-12-23)15-22-20(24)6-4-3-5-17-7-9-18(21)10-8-17/h7-10,16,19H,3-6,11-15H2,1-2H3,(H,22,24). The smallest absolute Gasteiger partial charge is 0.220 e. The zero-order chi connectivity index (χ0) is 18.1. The maximum atomic E-state index is 12.1. The van der Waals surface area contributed by atoms with Crippen LogP contribution in [0.1, 0.15) is 38.7 Å². The second-order valence-electron chi connectivity index (χ2n) is 7.10. The SMILES string of the molecule is CC(C)C(CNC(=O)CCCCc1ccc(Br)cc1)N1CCOCC1. The summed E-state index contributed by atoms with van der Waals surface area (Å²) in [7, 11) is 0. The van der Waals surface area contributed by atoms with Crippen molar-refractivity contribution in [2.45, 2.75) is 45.6 Å². The minimum Gasteiger partial charge on any atom is -0.379 e. The molecule has 0 spiro atoms. The fourth-order valence-electron chi connectivity index (χ4n) is 3.27. The van der Waals surface area contributed by atoms with E-state index in [9.17, 15) is 4.79 Å². The van der Waals surface area contributed by atoms with Crippen molar-refractivity contribution in [3.63, 3.8) is 0 Å². The summed E-state index contributed by atoms with van der Waals surface area (Å²) in [6.07, 6.45) is 3.63. The summed E-state index contributed by atoms with van der Waals surface area (Å²) in [5.74, 6) is 0.700. The Balaban J connectivity index is 1.64. The van der Waals surface area contributed by atoms with Crippen LogP contribution in [-0.2, 0) is 16.0 Å². The van der Waals surface area contributed by atoms with Crippen molar-refractivity contribution in [1.29, 1.82) is 0 Å². The van der Waals surface area contributed by atoms with Gasteiger partial charge in [0.2, 0.25) is 5.91 Å². The molecule has 0 radical (unpaired) electrons. The molecule has 140 valence electrons. The Labute approximate surface area is 160 Å². The molecule has 1 atom stereocenters. The highest BCUT2D eigenvalue weighted by Crippen LogP contribution is 2.14. The van der Waals surface area contributed by atoms with Crippen LogP contribution < -0.4 is 5.32 Å². The van der Waals surface area contributed by atoms with E-state index in [2.05, 4.69) is 64.3 Å². The Kier molecular flexibility index (Phi) is 8.93. The molecule has 1 aliphatic rings. The lowest BCUT2D eigenvalue weighted by Crippen LogP contribution is -2.51. The van der Waals surface area contributed by atoms with Gasteiger partial charge in [-0.15, -0.1) is 0 Å². The van der Waals surface area contributed by atoms with E-state index in [0.717, 1.165) is 56.6 Å². The van der Waals surface area contributed by atoms with Crippen LogP contribution in [0.5, 0.6) is 0 Å². The zero-order valence-corrected chi connectivity index (χ0v) is 17.1. The molecule has 0 aromatic heterocycles. The van der Waals surface area contributed by atoms with Gasteiger partial charge in [0, 0.05) is 36.6 Å². The number of unbranched alkanes of at least 4 members (excludes halogenated alkanes) is 1. The molecule has 1 aromatic rings. The number of hydrogen-bond acceptors (Lipinski definition) is 3. The van der Waals surface area contributed by atoms with Crippen molar-refractivity contribution in [3.05, 3.63) is 34.3 Å². The van der Waals surface area contributed by atoms with Gasteiger partial charge in [-0.2, -0.15) is 0 Å². The number of amides is 1. The van der Waals surface area contributed by atoms with Gasteiger partial charge in [-0.05, 0) is 42.9 Å². The van der Waals surface area contributed by atoms with Crippen LogP contribution in [0.15, 0.2) is 28.7 Å². The van der Waals surface area contributed by atoms with E-state index >= 15 is 0 Å². The third kappa shape index (κ3) is 7.47. The number of nitrogens with one attached hydrogen (secondary N) is 1. The van der Waals surface area contributed by atoms with Gasteiger partial charge in [0.05, 0.1) is 13.2 Å². The quantitative estimate of drug-likeness (QED) is 0.631. The predicted molar refractivity (Wildman–Crippen MR) is 106 cm³/mol. The lowest BCUT2D eigenvalue weighted by molar-refractivity contribution is -0.121. The molecule has 0 bridgehead atoms. The average molecular weight is 411 g/mol. The Morgan fingerprint density at radius 3 is 2.52 bits per heavy atom. The molecule has 0 aliphatic carbocycles. The number of ether oxygens (including phenoxy) is 1. The number of hydrogen-bond donors (Lipinski definition) is 1. The summed E-state index contributed by atoms with van der Waals surface area (Å²) in [4.78, 5) is 14.6. The largest absolute Gasteiger partial charge is 0.379 e. The van der Waals surface area contributed by atoms with Crippen LogP contribution in [0.25, 0.3) is 0 Å². The first-order valence-electron chi connectivity index (χ1n) is 9.39. The third-order valence-electron chi connectivity index (χ3n) is 4.83. The Bertz CT molecular complexity index is 513. The van der Waals surface area contributed by atoms with Gasteiger partial charge in [-0.25, -0.2) is 0 Å². The summed E-state index contributed by atoms with van der Waals surface area (Å²) in [6, 6.07) is 8.81. The fourth-order valence-corrected chi connectivity index (χ4v) is 3.53. The molecule has 1 aliphatic heterocycles. The van der Waals surface area contributed by atoms with E-state index in [1.54, 1.807) is 0 Å². The highest BCUT2D eigenvalue weighted by Gasteiger charge is 2.24. The number of nitrogens with zero attached hydrogens (tertiary/aromatic N) is 1. The molecule has 5 heteroatoms. The lowest BCUT2D eigenvalue weighted by Gasteiger charge is -2.36. The number of benzene rings is 1. The zero-order valence-electron chi connectivity index (χ0n) is 15.5. The van der Waals surface area contributed by atoms with Gasteiger partial charge < -0.3 is 10.1 Å². The molecular formula is C20H31BrN2O2. The average Bonchev–Trinajstić information content (AvgIpc) is 2.61. The topological polar surface area (TPSA) is 41.6 Å². The fraction of sp³-hybridized carbons (Fsp3) is 0.650. The van der Waals surface area contributed by atoms with Crippen molar-refractivity contribution in [2.24, 2.45) is 5.92 Å². The van der Waals surface area contributed by atoms with Crippen LogP contribution >= 0.6 is 15.9 Å². The van der Waals surface area contributed by atoms with Gasteiger partial charge in [-0.3, -0.25) is 9.69 Å². The monoisotopic (exact) mass is 410 g/mol. The Morgan fingerprint density at radius 2 is 1.88 bits per heavy atom. The van der Waals surface area contributed by atoms with Crippen LogP contribution in [0, 0.1) is 5.92 Å². The summed E-state index contributed by atoms with van der Waals surface area (Å²) < 4.78 is 6.54. The van der Waals surface area contributed by atoms with E-state index in [0.29, 0.717) is 18.4 Å². The molecule has 4 nitrogen and oxygen atoms in total. The molecule has 0 saturated carbocycles. The van der Waals surface area contributed by atoms with Gasteiger partial charge in [-0.1, -0.05) is 41.9 Å². The van der Waals surface area contributed by atoms with E-state index in [-0.39, 0.29) is 5.91 Å². The first-order valence-corrected chi connectivity index (χ1v) is 10.2. The molecule has 1 aromatic carbocycles. The van der Waals surface area contributed by atoms with Crippen molar-refractivity contribution < 1.29 is 9.53 Å². The summed E-state index contributed by atoms with van der Waals surface area (Å²) in [6.45, 7) is 8.72. The molecular weight excluding hydrogens is 380 g/mol. The van der Waals surface area contributed by atoms with Crippen molar-refractivity contribution in [2.75, 3.05) is 32.8 Å². The molecule has 25 heavy (non-hydrogen) atoms. The number of halogens is 1. The summed E-state index contributed by atoms with van der Waals surface area (Å²) in [5.41, 5.74) is 1.33. The summed E-state index contributed by atoms with van der Waals surface area (Å²) >= 11 is 3.45. The van der Waals surface area contributed by atoms with Crippen molar-refractivity contribution >= 4 is 21.8 Å². The predicted octanol–water partition coefficient (Wildman–Crippen LogP) is 3.63. The van der Waals surface area contributed by atoms with Crippen LogP contribution in [0.3, 0.4) is 0 Å². The Morgan fingerprint density at radius 1 is 1.20 bits per heavy atom. The lowest BCUT2D eigenvalue weighted by atomic mass is 10.0. The maximum absolute atomic E-state index is 12.1. The van der Waals surface area contributed by atoms with Gasteiger partial charge in [0.1, 0.15) is 0 Å². The number of morpholine rings is 1. The van der Waals surface area contributed by atoms with Crippen molar-refractivity contribution in [3.8, 4) is 0 Å². The highest BCUT2D eigenvalue weighted by atomic mass is 79.9. The molecule has 1 saturated heterocycles. The van der Waals surface area contributed by atoms with Gasteiger partial charge >= 0.3 is 0 Å². The number of aryl methyl sites for hydroxylation is 1. The minimum absolute atomic E-state index is 0.176. The highest BCUT2D eigenvalue weighted by molar-refractivity contribution is 9.10. The molecule has 1 heterocycles. The number of rotatable bonds is 9. The summed E-state index contributed by atoms with van der Waals surface area (Å²) in [5, 5.41) is 3.14. The number of carbonyl (C=O) groups excluding carboxylic acids is 1. The maximum Gasteiger partial charge on any atom is 0.220 e. The Hall–Kier alpha value is -0.910. The van der Waals surface area contributed by atoms with E-state index in [4.69, 9.17) is 4.74 Å². The normalized spacial score (nSPS) is 16.8. The second kappa shape index (κ2) is 10.9. The van der Waals surface area contributed by atoms with Gasteiger partial charge in [0.25, 0.3) is 0 Å². The van der Waals surface area contributed by atoms with E-state index < -0.39 is 0 Å². The van der Waals surface area contributed by atoms with E-state index in [1.165, 1.54) is 5.56 Å². The first-order chi connectivity index (χ1) is 12.1. The molecule has 2 rings (SSSR count). The molecule has 1 N–H and O–H groups in total. The van der Waals surface area contributed by atoms with Gasteiger partial charge in [0.15, 0.2) is 0 Å². The second-order valence-corrected chi connectivity index (χ2v) is 8.01. The van der Waals surface area contributed by atoms with Crippen molar-refractivity contribution in [1.82, 2.24) is 10.2 Å². The third-order valence-corrected chi connectivity index (χ3v) is 5.35. The minimum atomic E-state index is 0.176. The van der Waals surface area contributed by atoms with Crippen LogP contribution in [-0.4, -0.2) is 49.7 Å². The molecule has 1 unspecified atom stereocenters. The number of carbonyl (C=O) groups is 1. The van der Waals surface area contributed by atoms with Crippen LogP contribution in [0.4, 0.5) is 0 Å².